The number of rotatable bonds is 2. The van der Waals surface area contributed by atoms with Crippen molar-refractivity contribution in [1.29, 1.82) is 0 Å². The van der Waals surface area contributed by atoms with E-state index >= 15 is 0 Å². The summed E-state index contributed by atoms with van der Waals surface area (Å²) in [5.74, 6) is 1.21. The van der Waals surface area contributed by atoms with Gasteiger partial charge in [-0.15, -0.1) is 0 Å². The Bertz CT molecular complexity index is 1190. The van der Waals surface area contributed by atoms with Gasteiger partial charge in [0.2, 0.25) is 6.79 Å². The minimum absolute atomic E-state index is 0.0110. The van der Waals surface area contributed by atoms with Crippen molar-refractivity contribution in [3.63, 3.8) is 0 Å². The molecule has 0 aliphatic carbocycles. The Hall–Kier alpha value is -3.14. The average Bonchev–Trinajstić information content (AvgIpc) is 3.10. The molecular weight excluding hydrogens is 494 g/mol. The highest BCUT2D eigenvalue weighted by molar-refractivity contribution is 9.10. The number of hydrogen-bond donors (Lipinski definition) is 0. The van der Waals surface area contributed by atoms with E-state index in [0.29, 0.717) is 39.2 Å². The number of nitrogens with zero attached hydrogens (tertiary/aromatic N) is 3. The maximum absolute atomic E-state index is 13.0. The first-order valence-corrected chi connectivity index (χ1v) is 11.2. The quantitative estimate of drug-likeness (QED) is 0.394. The van der Waals surface area contributed by atoms with Crippen molar-refractivity contribution in [2.75, 3.05) is 6.79 Å². The van der Waals surface area contributed by atoms with Gasteiger partial charge in [0, 0.05) is 27.2 Å². The van der Waals surface area contributed by atoms with Crippen LogP contribution in [0.3, 0.4) is 0 Å². The maximum Gasteiger partial charge on any atom is 0.431 e. The number of nitro benzene ring substituents is 1. The number of nitro groups is 1. The highest BCUT2D eigenvalue weighted by Gasteiger charge is 2.33. The molecule has 2 aliphatic rings. The van der Waals surface area contributed by atoms with Gasteiger partial charge in [-0.2, -0.15) is 10.1 Å². The fourth-order valence-electron chi connectivity index (χ4n) is 3.82. The first kappa shape index (κ1) is 23.0. The summed E-state index contributed by atoms with van der Waals surface area (Å²) >= 11 is 3.52. The molecule has 33 heavy (non-hydrogen) atoms. The molecule has 0 fully saturated rings. The number of benzene rings is 2. The van der Waals surface area contributed by atoms with Crippen LogP contribution < -0.4 is 9.47 Å². The molecule has 1 atom stereocenters. The van der Waals surface area contributed by atoms with E-state index in [1.165, 1.54) is 11.1 Å². The van der Waals surface area contributed by atoms with Crippen LogP contribution in [0.2, 0.25) is 0 Å². The van der Waals surface area contributed by atoms with E-state index in [1.807, 2.05) is 19.1 Å². The monoisotopic (exact) mass is 517 g/mol. The topological polar surface area (TPSA) is 104 Å². The van der Waals surface area contributed by atoms with Crippen molar-refractivity contribution < 1.29 is 23.9 Å². The summed E-state index contributed by atoms with van der Waals surface area (Å²) in [6.45, 7) is 9.07. The normalized spacial score (nSPS) is 17.2. The highest BCUT2D eigenvalue weighted by Crippen LogP contribution is 2.39. The zero-order valence-corrected chi connectivity index (χ0v) is 20.6. The number of amides is 1. The molecule has 2 aromatic carbocycles. The minimum Gasteiger partial charge on any atom is -0.454 e. The van der Waals surface area contributed by atoms with Crippen LogP contribution in [0.1, 0.15) is 49.9 Å². The van der Waals surface area contributed by atoms with Crippen LogP contribution in [0, 0.1) is 17.0 Å². The number of hydrogen-bond acceptors (Lipinski definition) is 7. The maximum atomic E-state index is 13.0. The third-order valence-corrected chi connectivity index (χ3v) is 6.41. The summed E-state index contributed by atoms with van der Waals surface area (Å²) in [4.78, 5) is 24.0. The fourth-order valence-corrected chi connectivity index (χ4v) is 4.35. The molecule has 1 unspecified atom stereocenters. The number of ether oxygens (including phenoxy) is 3. The van der Waals surface area contributed by atoms with Gasteiger partial charge in [-0.05, 0) is 80.7 Å². The van der Waals surface area contributed by atoms with E-state index in [4.69, 9.17) is 19.3 Å². The van der Waals surface area contributed by atoms with E-state index in [9.17, 15) is 14.9 Å². The lowest BCUT2D eigenvalue weighted by Gasteiger charge is -2.27. The van der Waals surface area contributed by atoms with Gasteiger partial charge in [0.15, 0.2) is 11.5 Å². The average molecular weight is 518 g/mol. The van der Waals surface area contributed by atoms with Crippen LogP contribution in [0.5, 0.6) is 11.5 Å². The van der Waals surface area contributed by atoms with Crippen LogP contribution in [0.15, 0.2) is 33.8 Å². The molecule has 0 saturated heterocycles. The smallest absolute Gasteiger partial charge is 0.431 e. The number of hydrazone groups is 1. The molecule has 0 N–H and O–H groups in total. The predicted octanol–water partition coefficient (Wildman–Crippen LogP) is 5.33. The van der Waals surface area contributed by atoms with Gasteiger partial charge in [-0.1, -0.05) is 0 Å². The van der Waals surface area contributed by atoms with Crippen molar-refractivity contribution in [2.45, 2.75) is 52.7 Å². The predicted molar refractivity (Wildman–Crippen MR) is 125 cm³/mol. The molecule has 2 aliphatic heterocycles. The Morgan fingerprint density at radius 1 is 1.24 bits per heavy atom. The van der Waals surface area contributed by atoms with Gasteiger partial charge in [0.1, 0.15) is 5.60 Å². The molecule has 9 nitrogen and oxygen atoms in total. The van der Waals surface area contributed by atoms with Crippen LogP contribution in [-0.4, -0.2) is 40.2 Å². The largest absolute Gasteiger partial charge is 0.454 e. The second-order valence-electron chi connectivity index (χ2n) is 9.02. The summed E-state index contributed by atoms with van der Waals surface area (Å²) in [5, 5.41) is 17.5. The molecule has 10 heteroatoms. The Morgan fingerprint density at radius 2 is 1.91 bits per heavy atom. The lowest BCUT2D eigenvalue weighted by molar-refractivity contribution is -0.385. The molecule has 2 heterocycles. The first-order chi connectivity index (χ1) is 15.5. The van der Waals surface area contributed by atoms with E-state index in [0.717, 1.165) is 11.1 Å². The van der Waals surface area contributed by atoms with E-state index in [1.54, 1.807) is 33.8 Å². The number of carbonyl (C=O) groups excluding carboxylic acids is 1. The van der Waals surface area contributed by atoms with Gasteiger partial charge in [0.25, 0.3) is 5.69 Å². The van der Waals surface area contributed by atoms with Gasteiger partial charge in [0.05, 0.1) is 16.7 Å². The zero-order valence-electron chi connectivity index (χ0n) is 19.0. The van der Waals surface area contributed by atoms with E-state index < -0.39 is 16.6 Å². The summed E-state index contributed by atoms with van der Waals surface area (Å²) in [6, 6.07) is 6.50. The van der Waals surface area contributed by atoms with Crippen molar-refractivity contribution in [2.24, 2.45) is 5.10 Å². The molecule has 4 rings (SSSR count). The molecule has 174 valence electrons. The highest BCUT2D eigenvalue weighted by atomic mass is 79.9. The Morgan fingerprint density at radius 3 is 2.55 bits per heavy atom. The summed E-state index contributed by atoms with van der Waals surface area (Å²) in [7, 11) is 0. The minimum atomic E-state index is -0.695. The second-order valence-corrected chi connectivity index (χ2v) is 9.81. The van der Waals surface area contributed by atoms with Crippen LogP contribution in [0.25, 0.3) is 0 Å². The SMILES string of the molecule is Cc1c([N+](=O)[O-])ccc(C2=NN(C(=O)OC(C)(C)C)C(C)Cc3cc4c(cc32)OCO4)c1Br. The van der Waals surface area contributed by atoms with Crippen molar-refractivity contribution >= 4 is 33.4 Å². The molecule has 0 aromatic heterocycles. The lowest BCUT2D eigenvalue weighted by Crippen LogP contribution is -2.39. The van der Waals surface area contributed by atoms with E-state index in [2.05, 4.69) is 15.9 Å². The molecule has 0 spiro atoms. The Labute approximate surface area is 199 Å². The molecule has 2 aromatic rings. The van der Waals surface area contributed by atoms with Gasteiger partial charge in [-0.25, -0.2) is 4.79 Å². The standard InChI is InChI=1S/C23H24BrN3O6/c1-12-8-14-9-18-19(32-11-31-18)10-16(14)21(25-26(12)22(28)33-23(3,4)5)15-6-7-17(27(29)30)13(2)20(15)24/h6-7,9-10,12H,8,11H2,1-5H3. The van der Waals surface area contributed by atoms with Crippen LogP contribution in [-0.2, 0) is 11.2 Å². The van der Waals surface area contributed by atoms with Crippen LogP contribution in [0.4, 0.5) is 10.5 Å². The van der Waals surface area contributed by atoms with Crippen LogP contribution >= 0.6 is 15.9 Å². The molecule has 0 radical (unpaired) electrons. The van der Waals surface area contributed by atoms with Gasteiger partial charge in [-0.3, -0.25) is 10.1 Å². The van der Waals surface area contributed by atoms with Gasteiger partial charge >= 0.3 is 6.09 Å². The third kappa shape index (κ3) is 4.39. The third-order valence-electron chi connectivity index (χ3n) is 5.38. The van der Waals surface area contributed by atoms with Gasteiger partial charge < -0.3 is 14.2 Å². The Balaban J connectivity index is 1.92. The Kier molecular flexibility index (Phi) is 5.81. The lowest BCUT2D eigenvalue weighted by atomic mass is 9.93. The summed E-state index contributed by atoms with van der Waals surface area (Å²) in [6.07, 6.45) is -0.0722. The molecule has 1 amide bonds. The zero-order chi connectivity index (χ0) is 24.1. The van der Waals surface area contributed by atoms with E-state index in [-0.39, 0.29) is 18.5 Å². The second kappa shape index (κ2) is 8.33. The summed E-state index contributed by atoms with van der Waals surface area (Å²) in [5.41, 5.74) is 2.51. The number of halogens is 1. The fraction of sp³-hybridized carbons (Fsp3) is 0.391. The number of carbonyl (C=O) groups is 1. The molecule has 0 saturated carbocycles. The number of fused-ring (bicyclic) bond motifs is 2. The van der Waals surface area contributed by atoms with Crippen molar-refractivity contribution in [3.05, 3.63) is 61.1 Å². The van der Waals surface area contributed by atoms with Crippen molar-refractivity contribution in [3.8, 4) is 11.5 Å². The molecular formula is C23H24BrN3O6. The molecule has 0 bridgehead atoms. The first-order valence-electron chi connectivity index (χ1n) is 10.4. The van der Waals surface area contributed by atoms with Crippen molar-refractivity contribution in [1.82, 2.24) is 5.01 Å². The summed E-state index contributed by atoms with van der Waals surface area (Å²) < 4.78 is 17.3.